The van der Waals surface area contributed by atoms with Gasteiger partial charge < -0.3 is 14.7 Å². The molecule has 0 aliphatic carbocycles. The van der Waals surface area contributed by atoms with Gasteiger partial charge in [-0.05, 0) is 25.1 Å². The average Bonchev–Trinajstić information content (AvgIpc) is 2.31. The number of rotatable bonds is 5. The van der Waals surface area contributed by atoms with Gasteiger partial charge in [0.25, 0.3) is 0 Å². The molecular formula is C12H15NO3. The molecule has 1 aromatic rings. The average molecular weight is 221 g/mol. The van der Waals surface area contributed by atoms with Crippen molar-refractivity contribution in [3.8, 4) is 11.5 Å². The Kier molecular flexibility index (Phi) is 4.92. The van der Waals surface area contributed by atoms with Gasteiger partial charge in [0.1, 0.15) is 18.1 Å². The van der Waals surface area contributed by atoms with E-state index < -0.39 is 0 Å². The molecule has 0 saturated heterocycles. The summed E-state index contributed by atoms with van der Waals surface area (Å²) in [5.41, 5.74) is 0.673. The SMILES string of the molecule is C/C=C/COc1ccc(OC)cc1/C=N/O. The summed E-state index contributed by atoms with van der Waals surface area (Å²) in [5.74, 6) is 1.34. The summed E-state index contributed by atoms with van der Waals surface area (Å²) in [6.07, 6.45) is 5.11. The quantitative estimate of drug-likeness (QED) is 0.359. The second-order valence-corrected chi connectivity index (χ2v) is 3.03. The number of nitrogens with zero attached hydrogens (tertiary/aromatic N) is 1. The van der Waals surface area contributed by atoms with Gasteiger partial charge in [0.2, 0.25) is 0 Å². The minimum atomic E-state index is 0.481. The molecule has 0 unspecified atom stereocenters. The van der Waals surface area contributed by atoms with E-state index in [9.17, 15) is 0 Å². The van der Waals surface area contributed by atoms with E-state index in [0.29, 0.717) is 23.7 Å². The molecule has 0 saturated carbocycles. The molecule has 1 aromatic carbocycles. The van der Waals surface area contributed by atoms with E-state index >= 15 is 0 Å². The van der Waals surface area contributed by atoms with Gasteiger partial charge in [0, 0.05) is 5.56 Å². The molecular weight excluding hydrogens is 206 g/mol. The van der Waals surface area contributed by atoms with Gasteiger partial charge in [-0.1, -0.05) is 17.3 Å². The smallest absolute Gasteiger partial charge is 0.128 e. The Morgan fingerprint density at radius 2 is 2.25 bits per heavy atom. The normalized spacial score (nSPS) is 11.1. The maximum Gasteiger partial charge on any atom is 0.128 e. The predicted octanol–water partition coefficient (Wildman–Crippen LogP) is 2.46. The molecule has 86 valence electrons. The van der Waals surface area contributed by atoms with Crippen LogP contribution in [-0.2, 0) is 0 Å². The summed E-state index contributed by atoms with van der Waals surface area (Å²) in [6, 6.07) is 5.31. The molecule has 4 heteroatoms. The number of benzene rings is 1. The second kappa shape index (κ2) is 6.50. The van der Waals surface area contributed by atoms with Gasteiger partial charge in [-0.3, -0.25) is 0 Å². The minimum absolute atomic E-state index is 0.481. The van der Waals surface area contributed by atoms with E-state index in [-0.39, 0.29) is 0 Å². The molecule has 0 aliphatic rings. The summed E-state index contributed by atoms with van der Waals surface area (Å²) < 4.78 is 10.6. The fraction of sp³-hybridized carbons (Fsp3) is 0.250. The van der Waals surface area contributed by atoms with E-state index in [2.05, 4.69) is 5.16 Å². The molecule has 0 aliphatic heterocycles. The van der Waals surface area contributed by atoms with Crippen LogP contribution in [-0.4, -0.2) is 25.1 Å². The third kappa shape index (κ3) is 3.31. The van der Waals surface area contributed by atoms with Crippen molar-refractivity contribution in [2.24, 2.45) is 5.16 Å². The van der Waals surface area contributed by atoms with Crippen molar-refractivity contribution in [3.05, 3.63) is 35.9 Å². The van der Waals surface area contributed by atoms with Crippen molar-refractivity contribution in [2.45, 2.75) is 6.92 Å². The number of oxime groups is 1. The largest absolute Gasteiger partial charge is 0.497 e. The monoisotopic (exact) mass is 221 g/mol. The van der Waals surface area contributed by atoms with Gasteiger partial charge in [0.05, 0.1) is 13.3 Å². The predicted molar refractivity (Wildman–Crippen MR) is 62.7 cm³/mol. The third-order valence-corrected chi connectivity index (χ3v) is 1.98. The molecule has 16 heavy (non-hydrogen) atoms. The van der Waals surface area contributed by atoms with Crippen molar-refractivity contribution < 1.29 is 14.7 Å². The first-order valence-corrected chi connectivity index (χ1v) is 4.91. The number of methoxy groups -OCH3 is 1. The molecule has 0 radical (unpaired) electrons. The molecule has 4 nitrogen and oxygen atoms in total. The van der Waals surface area contributed by atoms with Crippen molar-refractivity contribution in [1.82, 2.24) is 0 Å². The van der Waals surface area contributed by atoms with Crippen LogP contribution < -0.4 is 9.47 Å². The Labute approximate surface area is 94.8 Å². The summed E-state index contributed by atoms with van der Waals surface area (Å²) in [4.78, 5) is 0. The van der Waals surface area contributed by atoms with E-state index in [1.165, 1.54) is 6.21 Å². The zero-order valence-electron chi connectivity index (χ0n) is 9.38. The number of hydrogen-bond acceptors (Lipinski definition) is 4. The highest BCUT2D eigenvalue weighted by atomic mass is 16.5. The van der Waals surface area contributed by atoms with E-state index in [0.717, 1.165) is 0 Å². The molecule has 0 amide bonds. The van der Waals surface area contributed by atoms with Crippen LogP contribution in [0.15, 0.2) is 35.5 Å². The van der Waals surface area contributed by atoms with Crippen LogP contribution in [0.2, 0.25) is 0 Å². The summed E-state index contributed by atoms with van der Waals surface area (Å²) in [7, 11) is 1.58. The molecule has 0 atom stereocenters. The van der Waals surface area contributed by atoms with Crippen LogP contribution >= 0.6 is 0 Å². The molecule has 0 bridgehead atoms. The molecule has 0 fully saturated rings. The van der Waals surface area contributed by atoms with Crippen LogP contribution in [0.25, 0.3) is 0 Å². The van der Waals surface area contributed by atoms with Crippen molar-refractivity contribution >= 4 is 6.21 Å². The highest BCUT2D eigenvalue weighted by molar-refractivity contribution is 5.83. The van der Waals surface area contributed by atoms with Crippen LogP contribution in [0.4, 0.5) is 0 Å². The number of allylic oxidation sites excluding steroid dienone is 1. The summed E-state index contributed by atoms with van der Waals surface area (Å²) >= 11 is 0. The second-order valence-electron chi connectivity index (χ2n) is 3.03. The van der Waals surface area contributed by atoms with Crippen LogP contribution in [0, 0.1) is 0 Å². The summed E-state index contributed by atoms with van der Waals surface area (Å²) in [6.45, 7) is 2.41. The first kappa shape index (κ1) is 12.1. The van der Waals surface area contributed by atoms with Gasteiger partial charge in [-0.15, -0.1) is 0 Å². The first-order valence-electron chi connectivity index (χ1n) is 4.91. The summed E-state index contributed by atoms with van der Waals surface area (Å²) in [5, 5.41) is 11.5. The van der Waals surface area contributed by atoms with Crippen LogP contribution in [0.1, 0.15) is 12.5 Å². The maximum atomic E-state index is 8.54. The molecule has 0 aromatic heterocycles. The topological polar surface area (TPSA) is 51.0 Å². The zero-order chi connectivity index (χ0) is 11.8. The van der Waals surface area contributed by atoms with Gasteiger partial charge in [-0.2, -0.15) is 0 Å². The molecule has 1 rings (SSSR count). The van der Waals surface area contributed by atoms with Gasteiger partial charge in [-0.25, -0.2) is 0 Å². The first-order chi connectivity index (χ1) is 7.81. The van der Waals surface area contributed by atoms with E-state index in [4.69, 9.17) is 14.7 Å². The lowest BCUT2D eigenvalue weighted by Gasteiger charge is -2.08. The maximum absolute atomic E-state index is 8.54. The number of ether oxygens (including phenoxy) is 2. The fourth-order valence-corrected chi connectivity index (χ4v) is 1.18. The fourth-order valence-electron chi connectivity index (χ4n) is 1.18. The molecule has 0 heterocycles. The Morgan fingerprint density at radius 3 is 2.88 bits per heavy atom. The third-order valence-electron chi connectivity index (χ3n) is 1.98. The molecule has 0 spiro atoms. The Bertz CT molecular complexity index is 386. The highest BCUT2D eigenvalue weighted by Gasteiger charge is 2.03. The Balaban J connectivity index is 2.89. The van der Waals surface area contributed by atoms with Crippen molar-refractivity contribution in [1.29, 1.82) is 0 Å². The van der Waals surface area contributed by atoms with Gasteiger partial charge in [0.15, 0.2) is 0 Å². The van der Waals surface area contributed by atoms with Gasteiger partial charge >= 0.3 is 0 Å². The Morgan fingerprint density at radius 1 is 1.44 bits per heavy atom. The highest BCUT2D eigenvalue weighted by Crippen LogP contribution is 2.22. The van der Waals surface area contributed by atoms with E-state index in [1.807, 2.05) is 19.1 Å². The van der Waals surface area contributed by atoms with Crippen molar-refractivity contribution in [2.75, 3.05) is 13.7 Å². The standard InChI is InChI=1S/C12H15NO3/c1-3-4-7-16-12-6-5-11(15-2)8-10(12)9-13-14/h3-6,8-9,14H,7H2,1-2H3/b4-3+,13-9+. The van der Waals surface area contributed by atoms with E-state index in [1.54, 1.807) is 25.3 Å². The van der Waals surface area contributed by atoms with Crippen LogP contribution in [0.3, 0.4) is 0 Å². The van der Waals surface area contributed by atoms with Crippen LogP contribution in [0.5, 0.6) is 11.5 Å². The lowest BCUT2D eigenvalue weighted by Crippen LogP contribution is -1.98. The zero-order valence-corrected chi connectivity index (χ0v) is 9.38. The van der Waals surface area contributed by atoms with Crippen molar-refractivity contribution in [3.63, 3.8) is 0 Å². The minimum Gasteiger partial charge on any atom is -0.497 e. The lowest BCUT2D eigenvalue weighted by atomic mass is 10.2. The number of hydrogen-bond donors (Lipinski definition) is 1. The lowest BCUT2D eigenvalue weighted by molar-refractivity contribution is 0.321. The Hall–Kier alpha value is -1.97. The molecule has 1 N–H and O–H groups in total.